The van der Waals surface area contributed by atoms with Crippen LogP contribution in [0.3, 0.4) is 0 Å². The maximum absolute atomic E-state index is 10.6. The minimum Gasteiger partial charge on any atom is -0.368 e. The molecule has 20 heavy (non-hydrogen) atoms. The molecule has 1 aromatic rings. The van der Waals surface area contributed by atoms with Crippen LogP contribution in [0.15, 0.2) is 18.3 Å². The van der Waals surface area contributed by atoms with Gasteiger partial charge >= 0.3 is 5.82 Å². The van der Waals surface area contributed by atoms with Crippen LogP contribution in [0.2, 0.25) is 0 Å². The van der Waals surface area contributed by atoms with Crippen molar-refractivity contribution in [3.8, 4) is 0 Å². The quantitative estimate of drug-likeness (QED) is 0.617. The Morgan fingerprint density at radius 3 is 2.50 bits per heavy atom. The number of nitrogens with zero attached hydrogens (tertiary/aromatic N) is 3. The van der Waals surface area contributed by atoms with Crippen molar-refractivity contribution in [1.29, 1.82) is 0 Å². The Labute approximate surface area is 116 Å². The lowest BCUT2D eigenvalue weighted by Gasteiger charge is -2.34. The Balaban J connectivity index is 1.58. The molecule has 1 aromatic heterocycles. The van der Waals surface area contributed by atoms with Gasteiger partial charge in [-0.3, -0.25) is 0 Å². The summed E-state index contributed by atoms with van der Waals surface area (Å²) in [7, 11) is 0. The van der Waals surface area contributed by atoms with E-state index in [-0.39, 0.29) is 12.1 Å². The van der Waals surface area contributed by atoms with E-state index in [1.165, 1.54) is 6.07 Å². The van der Waals surface area contributed by atoms with E-state index in [1.807, 2.05) is 0 Å². The van der Waals surface area contributed by atoms with Crippen LogP contribution in [0, 0.1) is 16.0 Å². The van der Waals surface area contributed by atoms with Gasteiger partial charge in [0, 0.05) is 25.1 Å². The van der Waals surface area contributed by atoms with Gasteiger partial charge in [-0.25, -0.2) is 0 Å². The molecular formula is C13H17N3O4. The molecule has 2 saturated heterocycles. The smallest absolute Gasteiger partial charge is 0.363 e. The summed E-state index contributed by atoms with van der Waals surface area (Å²) in [5.74, 6) is 0.330. The lowest BCUT2D eigenvalue weighted by atomic mass is 9.96. The largest absolute Gasteiger partial charge is 0.368 e. The van der Waals surface area contributed by atoms with Gasteiger partial charge < -0.3 is 24.5 Å². The van der Waals surface area contributed by atoms with Crippen LogP contribution < -0.4 is 4.90 Å². The summed E-state index contributed by atoms with van der Waals surface area (Å²) in [5, 5.41) is 10.6. The van der Waals surface area contributed by atoms with Gasteiger partial charge in [0.1, 0.15) is 0 Å². The third-order valence-corrected chi connectivity index (χ3v) is 3.86. The minimum absolute atomic E-state index is 0.0489. The number of pyridine rings is 1. The predicted octanol–water partition coefficient (Wildman–Crippen LogP) is 1.58. The van der Waals surface area contributed by atoms with Gasteiger partial charge in [-0.1, -0.05) is 0 Å². The van der Waals surface area contributed by atoms with Crippen molar-refractivity contribution in [2.75, 3.05) is 31.2 Å². The number of rotatable bonds is 3. The summed E-state index contributed by atoms with van der Waals surface area (Å²) >= 11 is 0. The molecule has 7 heteroatoms. The first-order valence-electron chi connectivity index (χ1n) is 6.82. The molecule has 3 heterocycles. The number of hydrogen-bond donors (Lipinski definition) is 0. The molecule has 0 saturated carbocycles. The fourth-order valence-corrected chi connectivity index (χ4v) is 2.75. The number of nitro groups is 1. The average Bonchev–Trinajstić information content (AvgIpc) is 3.02. The number of aromatic nitrogens is 1. The maximum Gasteiger partial charge on any atom is 0.363 e. The molecule has 0 aromatic carbocycles. The summed E-state index contributed by atoms with van der Waals surface area (Å²) in [4.78, 5) is 16.2. The first kappa shape index (κ1) is 13.3. The second-order valence-corrected chi connectivity index (χ2v) is 5.07. The molecule has 3 rings (SSSR count). The van der Waals surface area contributed by atoms with Crippen LogP contribution in [-0.4, -0.2) is 42.5 Å². The molecule has 2 aliphatic rings. The molecule has 0 amide bonds. The number of ether oxygens (including phenoxy) is 2. The second-order valence-electron chi connectivity index (χ2n) is 5.07. The highest BCUT2D eigenvalue weighted by atomic mass is 16.7. The van der Waals surface area contributed by atoms with E-state index in [0.29, 0.717) is 19.1 Å². The summed E-state index contributed by atoms with van der Waals surface area (Å²) in [6.45, 7) is 3.18. The van der Waals surface area contributed by atoms with Gasteiger partial charge in [0.2, 0.25) is 0 Å². The van der Waals surface area contributed by atoms with Gasteiger partial charge in [-0.2, -0.15) is 0 Å². The summed E-state index contributed by atoms with van der Waals surface area (Å²) < 4.78 is 11.1. The van der Waals surface area contributed by atoms with Gasteiger partial charge in [0.15, 0.2) is 12.5 Å². The van der Waals surface area contributed by atoms with E-state index >= 15 is 0 Å². The molecule has 2 aliphatic heterocycles. The molecule has 0 radical (unpaired) electrons. The first-order valence-corrected chi connectivity index (χ1v) is 6.82. The van der Waals surface area contributed by atoms with Crippen LogP contribution in [-0.2, 0) is 9.47 Å². The molecule has 0 spiro atoms. The first-order chi connectivity index (χ1) is 9.74. The van der Waals surface area contributed by atoms with E-state index in [4.69, 9.17) is 9.47 Å². The van der Waals surface area contributed by atoms with E-state index in [0.717, 1.165) is 31.6 Å². The SMILES string of the molecule is O=[N+]([O-])c1ccc(N2CCC(C3OCCO3)CC2)cn1. The zero-order valence-electron chi connectivity index (χ0n) is 11.1. The highest BCUT2D eigenvalue weighted by molar-refractivity contribution is 5.46. The number of hydrogen-bond acceptors (Lipinski definition) is 6. The Kier molecular flexibility index (Phi) is 3.79. The fraction of sp³-hybridized carbons (Fsp3) is 0.615. The van der Waals surface area contributed by atoms with Crippen molar-refractivity contribution in [3.05, 3.63) is 28.4 Å². The van der Waals surface area contributed by atoms with E-state index < -0.39 is 4.92 Å². The van der Waals surface area contributed by atoms with Crippen LogP contribution in [0.1, 0.15) is 12.8 Å². The summed E-state index contributed by atoms with van der Waals surface area (Å²) in [6.07, 6.45) is 3.52. The van der Waals surface area contributed by atoms with Crippen LogP contribution in [0.5, 0.6) is 0 Å². The summed E-state index contributed by atoms with van der Waals surface area (Å²) in [5.41, 5.74) is 0.933. The van der Waals surface area contributed by atoms with Gasteiger partial charge in [0.05, 0.1) is 18.9 Å². The fourth-order valence-electron chi connectivity index (χ4n) is 2.75. The average molecular weight is 279 g/mol. The topological polar surface area (TPSA) is 77.7 Å². The van der Waals surface area contributed by atoms with Gasteiger partial charge in [0.25, 0.3) is 0 Å². The third-order valence-electron chi connectivity index (χ3n) is 3.86. The van der Waals surface area contributed by atoms with Crippen molar-refractivity contribution < 1.29 is 14.4 Å². The molecular weight excluding hydrogens is 262 g/mol. The summed E-state index contributed by atoms with van der Waals surface area (Å²) in [6, 6.07) is 3.21. The van der Waals surface area contributed by atoms with Gasteiger partial charge in [-0.05, 0) is 28.8 Å². The maximum atomic E-state index is 10.6. The second kappa shape index (κ2) is 5.72. The molecule has 7 nitrogen and oxygen atoms in total. The normalized spacial score (nSPS) is 21.3. The Bertz CT molecular complexity index is 465. The van der Waals surface area contributed by atoms with Crippen molar-refractivity contribution in [2.24, 2.45) is 5.92 Å². The lowest BCUT2D eigenvalue weighted by molar-refractivity contribution is -0.389. The highest BCUT2D eigenvalue weighted by Crippen LogP contribution is 2.28. The van der Waals surface area contributed by atoms with Crippen molar-refractivity contribution >= 4 is 11.5 Å². The van der Waals surface area contributed by atoms with Crippen LogP contribution >= 0.6 is 0 Å². The van der Waals surface area contributed by atoms with Crippen molar-refractivity contribution in [2.45, 2.75) is 19.1 Å². The molecule has 2 fully saturated rings. The Morgan fingerprint density at radius 1 is 1.25 bits per heavy atom. The minimum atomic E-state index is -0.481. The highest BCUT2D eigenvalue weighted by Gasteiger charge is 2.30. The van der Waals surface area contributed by atoms with Crippen LogP contribution in [0.4, 0.5) is 11.5 Å². The molecule has 0 aliphatic carbocycles. The predicted molar refractivity (Wildman–Crippen MR) is 71.5 cm³/mol. The Hall–Kier alpha value is -1.73. The molecule has 0 bridgehead atoms. The zero-order chi connectivity index (χ0) is 13.9. The van der Waals surface area contributed by atoms with Crippen molar-refractivity contribution in [1.82, 2.24) is 4.98 Å². The lowest BCUT2D eigenvalue weighted by Crippen LogP contribution is -2.38. The monoisotopic (exact) mass is 279 g/mol. The number of anilines is 1. The molecule has 0 unspecified atom stereocenters. The van der Waals surface area contributed by atoms with E-state index in [2.05, 4.69) is 9.88 Å². The van der Waals surface area contributed by atoms with Gasteiger partial charge in [-0.15, -0.1) is 0 Å². The van der Waals surface area contributed by atoms with Crippen LogP contribution in [0.25, 0.3) is 0 Å². The van der Waals surface area contributed by atoms with E-state index in [1.54, 1.807) is 12.3 Å². The molecule has 0 atom stereocenters. The van der Waals surface area contributed by atoms with E-state index in [9.17, 15) is 10.1 Å². The van der Waals surface area contributed by atoms with Crippen molar-refractivity contribution in [3.63, 3.8) is 0 Å². The standard InChI is InChI=1S/C13H17N3O4/c17-16(18)12-2-1-11(9-14-12)15-5-3-10(4-6-15)13-19-7-8-20-13/h1-2,9-10,13H,3-8H2. The molecule has 108 valence electrons. The number of piperidine rings is 1. The Morgan fingerprint density at radius 2 is 1.95 bits per heavy atom. The third kappa shape index (κ3) is 2.73. The zero-order valence-corrected chi connectivity index (χ0v) is 11.1. The molecule has 0 N–H and O–H groups in total.